The fourth-order valence-electron chi connectivity index (χ4n) is 2.79. The number of carbonyl (C=O) groups excluding carboxylic acids is 2. The molecule has 0 unspecified atom stereocenters. The van der Waals surface area contributed by atoms with Crippen molar-refractivity contribution in [1.29, 1.82) is 0 Å². The monoisotopic (exact) mass is 469 g/mol. The van der Waals surface area contributed by atoms with E-state index in [0.29, 0.717) is 29.3 Å². The first-order chi connectivity index (χ1) is 12.4. The summed E-state index contributed by atoms with van der Waals surface area (Å²) in [7, 11) is 1.77. The Morgan fingerprint density at radius 2 is 1.92 bits per heavy atom. The van der Waals surface area contributed by atoms with Crippen molar-refractivity contribution < 1.29 is 14.3 Å². The van der Waals surface area contributed by atoms with E-state index in [0.717, 1.165) is 28.5 Å². The molecule has 0 bridgehead atoms. The van der Waals surface area contributed by atoms with E-state index in [1.54, 1.807) is 29.8 Å². The van der Waals surface area contributed by atoms with Gasteiger partial charge in [-0.25, -0.2) is 0 Å². The SMILES string of the molecule is CCCOc1ccccc1C(=O)Nc1c(CCC)c(I)n(C)c1C(N)=O. The highest BCUT2D eigenvalue weighted by atomic mass is 127. The fourth-order valence-corrected chi connectivity index (χ4v) is 3.57. The predicted octanol–water partition coefficient (Wildman–Crippen LogP) is 3.72. The lowest BCUT2D eigenvalue weighted by molar-refractivity contribution is 0.0993. The van der Waals surface area contributed by atoms with Crippen molar-refractivity contribution in [2.75, 3.05) is 11.9 Å². The minimum absolute atomic E-state index is 0.304. The summed E-state index contributed by atoms with van der Waals surface area (Å²) in [5, 5.41) is 2.89. The predicted molar refractivity (Wildman–Crippen MR) is 111 cm³/mol. The molecule has 0 saturated carbocycles. The average Bonchev–Trinajstić information content (AvgIpc) is 2.85. The molecule has 0 atom stereocenters. The lowest BCUT2D eigenvalue weighted by atomic mass is 10.1. The van der Waals surface area contributed by atoms with Crippen molar-refractivity contribution in [3.8, 4) is 5.75 Å². The Labute approximate surface area is 167 Å². The van der Waals surface area contributed by atoms with Crippen LogP contribution in [0, 0.1) is 3.70 Å². The molecule has 0 aliphatic carbocycles. The fraction of sp³-hybridized carbons (Fsp3) is 0.368. The van der Waals surface area contributed by atoms with Crippen LogP contribution in [-0.4, -0.2) is 23.0 Å². The summed E-state index contributed by atoms with van der Waals surface area (Å²) in [5.41, 5.74) is 7.71. The lowest BCUT2D eigenvalue weighted by Gasteiger charge is -2.12. The third-order valence-electron chi connectivity index (χ3n) is 3.98. The number of aromatic nitrogens is 1. The van der Waals surface area contributed by atoms with Crippen LogP contribution in [0.25, 0.3) is 0 Å². The van der Waals surface area contributed by atoms with Gasteiger partial charge >= 0.3 is 0 Å². The largest absolute Gasteiger partial charge is 0.493 e. The number of halogens is 1. The van der Waals surface area contributed by atoms with Gasteiger partial charge < -0.3 is 20.4 Å². The molecule has 0 fully saturated rings. The lowest BCUT2D eigenvalue weighted by Crippen LogP contribution is -2.21. The van der Waals surface area contributed by atoms with Crippen LogP contribution >= 0.6 is 22.6 Å². The molecule has 1 heterocycles. The number of carbonyl (C=O) groups is 2. The first kappa shape index (κ1) is 20.3. The standard InChI is InChI=1S/C19H24IN3O3/c1-4-8-13-15(16(18(21)24)23(3)17(13)20)22-19(25)12-9-6-7-10-14(12)26-11-5-2/h6-7,9-10H,4-5,8,11H2,1-3H3,(H2,21,24)(H,22,25). The summed E-state index contributed by atoms with van der Waals surface area (Å²) >= 11 is 2.17. The van der Waals surface area contributed by atoms with Crippen molar-refractivity contribution in [2.24, 2.45) is 12.8 Å². The Morgan fingerprint density at radius 3 is 2.54 bits per heavy atom. The Kier molecular flexibility index (Phi) is 7.07. The van der Waals surface area contributed by atoms with E-state index in [4.69, 9.17) is 10.5 Å². The Bertz CT molecular complexity index is 815. The summed E-state index contributed by atoms with van der Waals surface area (Å²) in [5.74, 6) is -0.368. The summed E-state index contributed by atoms with van der Waals surface area (Å²) < 4.78 is 8.29. The molecular weight excluding hydrogens is 445 g/mol. The molecule has 6 nitrogen and oxygen atoms in total. The Balaban J connectivity index is 2.44. The molecule has 26 heavy (non-hydrogen) atoms. The second kappa shape index (κ2) is 9.07. The molecule has 2 aromatic rings. The van der Waals surface area contributed by atoms with Crippen LogP contribution in [0.5, 0.6) is 5.75 Å². The molecule has 0 aliphatic rings. The van der Waals surface area contributed by atoms with E-state index in [9.17, 15) is 9.59 Å². The average molecular weight is 469 g/mol. The molecule has 0 aliphatic heterocycles. The smallest absolute Gasteiger partial charge is 0.267 e. The molecule has 1 aromatic heterocycles. The number of benzene rings is 1. The van der Waals surface area contributed by atoms with Crippen LogP contribution in [-0.2, 0) is 13.5 Å². The third kappa shape index (κ3) is 4.20. The summed E-state index contributed by atoms with van der Waals surface area (Å²) in [6.45, 7) is 4.58. The maximum Gasteiger partial charge on any atom is 0.267 e. The van der Waals surface area contributed by atoms with Crippen LogP contribution in [0.3, 0.4) is 0 Å². The summed E-state index contributed by atoms with van der Waals surface area (Å²) in [4.78, 5) is 24.9. The van der Waals surface area contributed by atoms with Gasteiger partial charge in [0.2, 0.25) is 0 Å². The number of hydrogen-bond donors (Lipinski definition) is 2. The quantitative estimate of drug-likeness (QED) is 0.578. The van der Waals surface area contributed by atoms with E-state index in [1.165, 1.54) is 0 Å². The highest BCUT2D eigenvalue weighted by Gasteiger charge is 2.25. The number of primary amides is 1. The van der Waals surface area contributed by atoms with Gasteiger partial charge in [-0.2, -0.15) is 0 Å². The van der Waals surface area contributed by atoms with Crippen molar-refractivity contribution >= 4 is 40.1 Å². The maximum atomic E-state index is 12.9. The molecule has 1 aromatic carbocycles. The number of amides is 2. The van der Waals surface area contributed by atoms with E-state index >= 15 is 0 Å². The highest BCUT2D eigenvalue weighted by molar-refractivity contribution is 14.1. The molecule has 2 rings (SSSR count). The first-order valence-corrected chi connectivity index (χ1v) is 9.70. The summed E-state index contributed by atoms with van der Waals surface area (Å²) in [6, 6.07) is 7.08. The van der Waals surface area contributed by atoms with E-state index in [1.807, 2.05) is 19.9 Å². The molecular formula is C19H24IN3O3. The van der Waals surface area contributed by atoms with E-state index < -0.39 is 5.91 Å². The van der Waals surface area contributed by atoms with Gasteiger partial charge in [0, 0.05) is 12.6 Å². The van der Waals surface area contributed by atoms with Gasteiger partial charge in [0.25, 0.3) is 11.8 Å². The number of ether oxygens (including phenoxy) is 1. The highest BCUT2D eigenvalue weighted by Crippen LogP contribution is 2.31. The first-order valence-electron chi connectivity index (χ1n) is 8.62. The van der Waals surface area contributed by atoms with Gasteiger partial charge in [-0.1, -0.05) is 32.4 Å². The second-order valence-corrected chi connectivity index (χ2v) is 6.99. The van der Waals surface area contributed by atoms with Crippen LogP contribution in [0.2, 0.25) is 0 Å². The number of rotatable bonds is 8. The topological polar surface area (TPSA) is 86.3 Å². The molecule has 140 valence electrons. The maximum absolute atomic E-state index is 12.9. The number of nitrogens with two attached hydrogens (primary N) is 1. The molecule has 0 saturated heterocycles. The van der Waals surface area contributed by atoms with Gasteiger partial charge in [0.15, 0.2) is 0 Å². The van der Waals surface area contributed by atoms with Gasteiger partial charge in [-0.05, 0) is 47.6 Å². The number of para-hydroxylation sites is 1. The van der Waals surface area contributed by atoms with Gasteiger partial charge in [0.1, 0.15) is 11.4 Å². The molecule has 7 heteroatoms. The molecule has 0 spiro atoms. The van der Waals surface area contributed by atoms with Gasteiger partial charge in [-0.3, -0.25) is 9.59 Å². The third-order valence-corrected chi connectivity index (χ3v) is 5.36. The molecule has 0 radical (unpaired) electrons. The normalized spacial score (nSPS) is 10.6. The zero-order valence-corrected chi connectivity index (χ0v) is 17.4. The van der Waals surface area contributed by atoms with E-state index in [2.05, 4.69) is 27.9 Å². The van der Waals surface area contributed by atoms with Crippen molar-refractivity contribution in [3.05, 3.63) is 44.8 Å². The van der Waals surface area contributed by atoms with Crippen molar-refractivity contribution in [2.45, 2.75) is 33.1 Å². The minimum Gasteiger partial charge on any atom is -0.493 e. The van der Waals surface area contributed by atoms with Crippen LogP contribution in [0.1, 0.15) is 53.1 Å². The zero-order chi connectivity index (χ0) is 19.3. The number of nitrogens with one attached hydrogen (secondary N) is 1. The van der Waals surface area contributed by atoms with Crippen molar-refractivity contribution in [3.63, 3.8) is 0 Å². The molecule has 3 N–H and O–H groups in total. The Hall–Kier alpha value is -2.03. The molecule has 2 amide bonds. The number of anilines is 1. The van der Waals surface area contributed by atoms with Crippen LogP contribution in [0.4, 0.5) is 5.69 Å². The number of nitrogens with zero attached hydrogens (tertiary/aromatic N) is 1. The van der Waals surface area contributed by atoms with Gasteiger partial charge in [0.05, 0.1) is 21.6 Å². The second-order valence-electron chi connectivity index (χ2n) is 5.96. The number of hydrogen-bond acceptors (Lipinski definition) is 3. The van der Waals surface area contributed by atoms with Crippen LogP contribution < -0.4 is 15.8 Å². The van der Waals surface area contributed by atoms with E-state index in [-0.39, 0.29) is 5.91 Å². The zero-order valence-electron chi connectivity index (χ0n) is 15.3. The Morgan fingerprint density at radius 1 is 1.23 bits per heavy atom. The van der Waals surface area contributed by atoms with Gasteiger partial charge in [-0.15, -0.1) is 0 Å². The summed E-state index contributed by atoms with van der Waals surface area (Å²) in [6.07, 6.45) is 2.47. The minimum atomic E-state index is -0.571. The van der Waals surface area contributed by atoms with Crippen LogP contribution in [0.15, 0.2) is 24.3 Å². The van der Waals surface area contributed by atoms with Crippen molar-refractivity contribution in [1.82, 2.24) is 4.57 Å².